The van der Waals surface area contributed by atoms with Gasteiger partial charge in [-0.15, -0.1) is 0 Å². The summed E-state index contributed by atoms with van der Waals surface area (Å²) in [5.74, 6) is 1.84. The molecule has 0 amide bonds. The van der Waals surface area contributed by atoms with E-state index in [1.165, 1.54) is 5.56 Å². The fourth-order valence-electron chi connectivity index (χ4n) is 2.38. The number of guanidine groups is 1. The van der Waals surface area contributed by atoms with E-state index in [9.17, 15) is 0 Å². The molecule has 0 aliphatic carbocycles. The Hall–Kier alpha value is -2.56. The van der Waals surface area contributed by atoms with Crippen molar-refractivity contribution in [3.63, 3.8) is 0 Å². The summed E-state index contributed by atoms with van der Waals surface area (Å²) in [5.41, 5.74) is 2.39. The van der Waals surface area contributed by atoms with Crippen molar-refractivity contribution in [3.8, 4) is 5.88 Å². The van der Waals surface area contributed by atoms with E-state index in [0.29, 0.717) is 18.3 Å². The molecule has 0 saturated heterocycles. The number of ether oxygens (including phenoxy) is 1. The Balaban J connectivity index is 1.80. The van der Waals surface area contributed by atoms with Gasteiger partial charge in [0, 0.05) is 32.4 Å². The van der Waals surface area contributed by atoms with Gasteiger partial charge in [0.05, 0.1) is 6.10 Å². The number of rotatable bonds is 7. The first-order valence-electron chi connectivity index (χ1n) is 8.69. The van der Waals surface area contributed by atoms with E-state index in [-0.39, 0.29) is 6.10 Å². The molecule has 1 aromatic heterocycles. The summed E-state index contributed by atoms with van der Waals surface area (Å²) < 4.78 is 5.56. The van der Waals surface area contributed by atoms with Crippen LogP contribution in [0, 0.1) is 0 Å². The van der Waals surface area contributed by atoms with Gasteiger partial charge in [0.25, 0.3) is 0 Å². The van der Waals surface area contributed by atoms with Crippen molar-refractivity contribution in [2.45, 2.75) is 39.3 Å². The minimum absolute atomic E-state index is 0.131. The predicted molar refractivity (Wildman–Crippen MR) is 103 cm³/mol. The van der Waals surface area contributed by atoms with E-state index >= 15 is 0 Å². The van der Waals surface area contributed by atoms with Crippen molar-refractivity contribution in [1.82, 2.24) is 15.6 Å². The van der Waals surface area contributed by atoms with Crippen LogP contribution >= 0.6 is 0 Å². The fraction of sp³-hybridized carbons (Fsp3) is 0.400. The Labute approximate surface area is 150 Å². The molecule has 1 unspecified atom stereocenters. The molecule has 0 spiro atoms. The quantitative estimate of drug-likeness (QED) is 0.599. The van der Waals surface area contributed by atoms with Crippen LogP contribution in [0.1, 0.15) is 37.8 Å². The van der Waals surface area contributed by atoms with E-state index in [1.54, 1.807) is 7.05 Å². The van der Waals surface area contributed by atoms with Crippen LogP contribution in [-0.4, -0.2) is 30.6 Å². The van der Waals surface area contributed by atoms with Crippen LogP contribution in [0.2, 0.25) is 0 Å². The van der Waals surface area contributed by atoms with Gasteiger partial charge in [0.1, 0.15) is 0 Å². The Morgan fingerprint density at radius 3 is 2.44 bits per heavy atom. The number of aromatic nitrogens is 1. The minimum atomic E-state index is 0.131. The standard InChI is InChI=1S/C20H28N4O/c1-15(2)25-19-11-10-17(13-22-19)14-24-20(21-4)23-12-16(3)18-8-6-5-7-9-18/h5-11,13,15-16H,12,14H2,1-4H3,(H2,21,23,24). The van der Waals surface area contributed by atoms with Gasteiger partial charge in [-0.05, 0) is 30.9 Å². The molecule has 0 saturated carbocycles. The number of benzene rings is 1. The summed E-state index contributed by atoms with van der Waals surface area (Å²) in [6.07, 6.45) is 1.95. The van der Waals surface area contributed by atoms with Crippen LogP contribution in [0.15, 0.2) is 53.7 Å². The van der Waals surface area contributed by atoms with Crippen LogP contribution < -0.4 is 15.4 Å². The zero-order valence-electron chi connectivity index (χ0n) is 15.5. The summed E-state index contributed by atoms with van der Waals surface area (Å²) in [6, 6.07) is 14.4. The average Bonchev–Trinajstić information content (AvgIpc) is 2.63. The van der Waals surface area contributed by atoms with Crippen LogP contribution in [0.5, 0.6) is 5.88 Å². The number of hydrogen-bond donors (Lipinski definition) is 2. The van der Waals surface area contributed by atoms with Crippen LogP contribution in [0.4, 0.5) is 0 Å². The largest absolute Gasteiger partial charge is 0.475 e. The molecular weight excluding hydrogens is 312 g/mol. The number of nitrogens with zero attached hydrogens (tertiary/aromatic N) is 2. The summed E-state index contributed by atoms with van der Waals surface area (Å²) in [4.78, 5) is 8.59. The maximum Gasteiger partial charge on any atom is 0.213 e. The van der Waals surface area contributed by atoms with Crippen LogP contribution in [0.25, 0.3) is 0 Å². The van der Waals surface area contributed by atoms with E-state index in [1.807, 2.05) is 38.2 Å². The molecule has 134 valence electrons. The van der Waals surface area contributed by atoms with Crippen LogP contribution in [-0.2, 0) is 6.54 Å². The first kappa shape index (κ1) is 18.8. The normalized spacial score (nSPS) is 12.8. The summed E-state index contributed by atoms with van der Waals surface area (Å²) >= 11 is 0. The summed E-state index contributed by atoms with van der Waals surface area (Å²) in [7, 11) is 1.78. The van der Waals surface area contributed by atoms with Gasteiger partial charge in [-0.25, -0.2) is 4.98 Å². The monoisotopic (exact) mass is 340 g/mol. The lowest BCUT2D eigenvalue weighted by molar-refractivity contribution is 0.232. The maximum absolute atomic E-state index is 5.56. The van der Waals surface area contributed by atoms with E-state index in [2.05, 4.69) is 51.8 Å². The van der Waals surface area contributed by atoms with E-state index in [0.717, 1.165) is 18.1 Å². The van der Waals surface area contributed by atoms with Gasteiger partial charge in [-0.2, -0.15) is 0 Å². The maximum atomic E-state index is 5.56. The summed E-state index contributed by atoms with van der Waals surface area (Å²) in [5, 5.41) is 6.68. The second kappa shape index (κ2) is 9.67. The zero-order chi connectivity index (χ0) is 18.1. The van der Waals surface area contributed by atoms with Gasteiger partial charge in [0.2, 0.25) is 5.88 Å². The third kappa shape index (κ3) is 6.45. The topological polar surface area (TPSA) is 58.5 Å². The third-order valence-electron chi connectivity index (χ3n) is 3.78. The van der Waals surface area contributed by atoms with Gasteiger partial charge < -0.3 is 15.4 Å². The molecular formula is C20H28N4O. The predicted octanol–water partition coefficient (Wildman–Crippen LogP) is 3.34. The highest BCUT2D eigenvalue weighted by Crippen LogP contribution is 2.13. The Kier molecular flexibility index (Phi) is 7.26. The van der Waals surface area contributed by atoms with Gasteiger partial charge in [0.15, 0.2) is 5.96 Å². The minimum Gasteiger partial charge on any atom is -0.475 e. The van der Waals surface area contributed by atoms with Gasteiger partial charge in [-0.1, -0.05) is 43.3 Å². The molecule has 2 aromatic rings. The van der Waals surface area contributed by atoms with Crippen molar-refractivity contribution < 1.29 is 4.74 Å². The summed E-state index contributed by atoms with van der Waals surface area (Å²) in [6.45, 7) is 7.66. The highest BCUT2D eigenvalue weighted by Gasteiger charge is 2.06. The fourth-order valence-corrected chi connectivity index (χ4v) is 2.38. The molecule has 5 heteroatoms. The van der Waals surface area contributed by atoms with Gasteiger partial charge >= 0.3 is 0 Å². The highest BCUT2D eigenvalue weighted by molar-refractivity contribution is 5.79. The smallest absolute Gasteiger partial charge is 0.213 e. The second-order valence-corrected chi connectivity index (χ2v) is 6.29. The molecule has 0 fully saturated rings. The Morgan fingerprint density at radius 2 is 1.84 bits per heavy atom. The third-order valence-corrected chi connectivity index (χ3v) is 3.78. The zero-order valence-corrected chi connectivity index (χ0v) is 15.5. The van der Waals surface area contributed by atoms with Crippen molar-refractivity contribution in [2.75, 3.05) is 13.6 Å². The van der Waals surface area contributed by atoms with E-state index < -0.39 is 0 Å². The molecule has 25 heavy (non-hydrogen) atoms. The molecule has 0 aliphatic heterocycles. The SMILES string of the molecule is CN=C(NCc1ccc(OC(C)C)nc1)NCC(C)c1ccccc1. The molecule has 0 aliphatic rings. The highest BCUT2D eigenvalue weighted by atomic mass is 16.5. The lowest BCUT2D eigenvalue weighted by Crippen LogP contribution is -2.38. The molecule has 0 bridgehead atoms. The van der Waals surface area contributed by atoms with Crippen molar-refractivity contribution >= 4 is 5.96 Å². The molecule has 1 atom stereocenters. The molecule has 0 radical (unpaired) electrons. The molecule has 2 N–H and O–H groups in total. The lowest BCUT2D eigenvalue weighted by Gasteiger charge is -2.16. The molecule has 1 aromatic carbocycles. The lowest BCUT2D eigenvalue weighted by atomic mass is 10.0. The van der Waals surface area contributed by atoms with Gasteiger partial charge in [-0.3, -0.25) is 4.99 Å². The number of nitrogens with one attached hydrogen (secondary N) is 2. The second-order valence-electron chi connectivity index (χ2n) is 6.29. The van der Waals surface area contributed by atoms with Crippen molar-refractivity contribution in [3.05, 3.63) is 59.8 Å². The first-order valence-corrected chi connectivity index (χ1v) is 8.69. The number of pyridine rings is 1. The van der Waals surface area contributed by atoms with E-state index in [4.69, 9.17) is 4.74 Å². The molecule has 2 rings (SSSR count). The molecule has 1 heterocycles. The molecule has 5 nitrogen and oxygen atoms in total. The first-order chi connectivity index (χ1) is 12.1. The Bertz CT molecular complexity index is 653. The number of hydrogen-bond acceptors (Lipinski definition) is 3. The Morgan fingerprint density at radius 1 is 1.08 bits per heavy atom. The average molecular weight is 340 g/mol. The van der Waals surface area contributed by atoms with Crippen molar-refractivity contribution in [2.24, 2.45) is 4.99 Å². The van der Waals surface area contributed by atoms with Crippen LogP contribution in [0.3, 0.4) is 0 Å². The van der Waals surface area contributed by atoms with Crippen molar-refractivity contribution in [1.29, 1.82) is 0 Å². The number of aliphatic imine (C=N–C) groups is 1.